The predicted octanol–water partition coefficient (Wildman–Crippen LogP) is 4.80. The first-order valence-corrected chi connectivity index (χ1v) is 8.04. The van der Waals surface area contributed by atoms with Crippen LogP contribution in [0, 0.1) is 0 Å². The maximum Gasteiger partial charge on any atom is 0.256 e. The number of rotatable bonds is 5. The standard InChI is InChI=1S/C18H16Cl2N2O2/c1-2-21-18(24)15(11-22-13-9-7-12(19)8-10-13)17(23)14-5-3-4-6-16(14)20/h3-11,23H,2H2,1H3,(H,21,24)/b17-15-,22-11?. The van der Waals surface area contributed by atoms with Crippen LogP contribution in [-0.4, -0.2) is 23.8 Å². The molecule has 124 valence electrons. The number of halogens is 2. The van der Waals surface area contributed by atoms with Crippen LogP contribution in [0.25, 0.3) is 5.76 Å². The molecular formula is C18H16Cl2N2O2. The zero-order chi connectivity index (χ0) is 17.5. The second kappa shape index (κ2) is 8.52. The van der Waals surface area contributed by atoms with Crippen LogP contribution in [0.4, 0.5) is 5.69 Å². The van der Waals surface area contributed by atoms with E-state index >= 15 is 0 Å². The van der Waals surface area contributed by atoms with Crippen LogP contribution in [0.5, 0.6) is 0 Å². The minimum Gasteiger partial charge on any atom is -0.506 e. The van der Waals surface area contributed by atoms with E-state index < -0.39 is 5.91 Å². The Hall–Kier alpha value is -2.30. The highest BCUT2D eigenvalue weighted by atomic mass is 35.5. The minimum absolute atomic E-state index is 0.0277. The van der Waals surface area contributed by atoms with Gasteiger partial charge >= 0.3 is 0 Å². The topological polar surface area (TPSA) is 61.7 Å². The molecule has 0 spiro atoms. The lowest BCUT2D eigenvalue weighted by Gasteiger charge is -2.08. The Kier molecular flexibility index (Phi) is 6.41. The van der Waals surface area contributed by atoms with E-state index in [9.17, 15) is 9.90 Å². The van der Waals surface area contributed by atoms with Gasteiger partial charge in [-0.1, -0.05) is 35.3 Å². The van der Waals surface area contributed by atoms with Crippen molar-refractivity contribution in [2.45, 2.75) is 6.92 Å². The first kappa shape index (κ1) is 18.0. The quantitative estimate of drug-likeness (QED) is 0.455. The Labute approximate surface area is 150 Å². The van der Waals surface area contributed by atoms with Gasteiger partial charge in [0.1, 0.15) is 5.76 Å². The Morgan fingerprint density at radius 3 is 2.46 bits per heavy atom. The highest BCUT2D eigenvalue weighted by molar-refractivity contribution is 6.33. The second-order valence-corrected chi connectivity index (χ2v) is 5.68. The number of aliphatic hydroxyl groups excluding tert-OH is 1. The average Bonchev–Trinajstić information content (AvgIpc) is 2.57. The maximum absolute atomic E-state index is 12.3. The van der Waals surface area contributed by atoms with E-state index in [0.29, 0.717) is 27.8 Å². The molecule has 0 saturated heterocycles. The fraction of sp³-hybridized carbons (Fsp3) is 0.111. The van der Waals surface area contributed by atoms with Crippen LogP contribution in [-0.2, 0) is 4.79 Å². The Morgan fingerprint density at radius 2 is 1.83 bits per heavy atom. The molecule has 0 aromatic heterocycles. The average molecular weight is 363 g/mol. The van der Waals surface area contributed by atoms with Crippen LogP contribution in [0.15, 0.2) is 59.1 Å². The molecule has 24 heavy (non-hydrogen) atoms. The lowest BCUT2D eigenvalue weighted by molar-refractivity contribution is -0.116. The highest BCUT2D eigenvalue weighted by Gasteiger charge is 2.16. The summed E-state index contributed by atoms with van der Waals surface area (Å²) in [5.41, 5.74) is 0.996. The summed E-state index contributed by atoms with van der Waals surface area (Å²) in [5.74, 6) is -0.670. The van der Waals surface area contributed by atoms with Gasteiger partial charge in [-0.2, -0.15) is 0 Å². The molecule has 0 atom stereocenters. The molecule has 0 unspecified atom stereocenters. The van der Waals surface area contributed by atoms with Crippen LogP contribution >= 0.6 is 23.2 Å². The van der Waals surface area contributed by atoms with Crippen molar-refractivity contribution in [1.29, 1.82) is 0 Å². The highest BCUT2D eigenvalue weighted by Crippen LogP contribution is 2.24. The van der Waals surface area contributed by atoms with E-state index in [0.717, 1.165) is 0 Å². The zero-order valence-corrected chi connectivity index (χ0v) is 14.5. The molecule has 0 bridgehead atoms. The molecule has 0 aliphatic carbocycles. The monoisotopic (exact) mass is 362 g/mol. The van der Waals surface area contributed by atoms with Gasteiger partial charge in [-0.25, -0.2) is 0 Å². The molecule has 0 aliphatic rings. The zero-order valence-electron chi connectivity index (χ0n) is 13.0. The number of nitrogens with one attached hydrogen (secondary N) is 1. The van der Waals surface area contributed by atoms with E-state index in [2.05, 4.69) is 10.3 Å². The fourth-order valence-corrected chi connectivity index (χ4v) is 2.30. The number of carbonyl (C=O) groups excluding carboxylic acids is 1. The molecule has 0 saturated carbocycles. The summed E-state index contributed by atoms with van der Waals surface area (Å²) in [6, 6.07) is 13.5. The van der Waals surface area contributed by atoms with Gasteiger partial charge in [0.05, 0.1) is 16.3 Å². The fourth-order valence-electron chi connectivity index (χ4n) is 1.95. The molecule has 2 N–H and O–H groups in total. The Bertz CT molecular complexity index is 784. The largest absolute Gasteiger partial charge is 0.506 e. The number of nitrogens with zero attached hydrogens (tertiary/aromatic N) is 1. The molecule has 2 aromatic rings. The molecule has 0 aliphatic heterocycles. The Morgan fingerprint density at radius 1 is 1.17 bits per heavy atom. The smallest absolute Gasteiger partial charge is 0.256 e. The SMILES string of the molecule is CCNC(=O)/C(C=Nc1ccc(Cl)cc1)=C(\O)c1ccccc1Cl. The lowest BCUT2D eigenvalue weighted by atomic mass is 10.1. The van der Waals surface area contributed by atoms with Gasteiger partial charge in [0.2, 0.25) is 0 Å². The van der Waals surface area contributed by atoms with Crippen molar-refractivity contribution in [3.05, 3.63) is 69.7 Å². The van der Waals surface area contributed by atoms with Gasteiger partial charge in [-0.05, 0) is 43.3 Å². The second-order valence-electron chi connectivity index (χ2n) is 4.84. The molecular weight excluding hydrogens is 347 g/mol. The van der Waals surface area contributed by atoms with Crippen LogP contribution < -0.4 is 5.32 Å². The van der Waals surface area contributed by atoms with Gasteiger partial charge in [0.15, 0.2) is 0 Å². The van der Waals surface area contributed by atoms with Gasteiger partial charge in [0, 0.05) is 23.3 Å². The van der Waals surface area contributed by atoms with E-state index in [-0.39, 0.29) is 11.3 Å². The summed E-state index contributed by atoms with van der Waals surface area (Å²) in [5, 5.41) is 14.1. The van der Waals surface area contributed by atoms with E-state index in [1.165, 1.54) is 6.21 Å². The third-order valence-electron chi connectivity index (χ3n) is 3.14. The van der Waals surface area contributed by atoms with Crippen LogP contribution in [0.2, 0.25) is 10.0 Å². The lowest BCUT2D eigenvalue weighted by Crippen LogP contribution is -2.26. The summed E-state index contributed by atoms with van der Waals surface area (Å²) in [6.45, 7) is 2.21. The molecule has 6 heteroatoms. The molecule has 1 amide bonds. The first-order valence-electron chi connectivity index (χ1n) is 7.29. The van der Waals surface area contributed by atoms with E-state index in [1.54, 1.807) is 55.5 Å². The number of likely N-dealkylation sites (N-methyl/N-ethyl adjacent to an activating group) is 1. The van der Waals surface area contributed by atoms with Gasteiger partial charge < -0.3 is 10.4 Å². The number of hydrogen-bond acceptors (Lipinski definition) is 3. The van der Waals surface area contributed by atoms with E-state index in [1.807, 2.05) is 0 Å². The first-order chi connectivity index (χ1) is 11.5. The van der Waals surface area contributed by atoms with Crippen LogP contribution in [0.3, 0.4) is 0 Å². The van der Waals surface area contributed by atoms with Gasteiger partial charge in [-0.3, -0.25) is 9.79 Å². The number of hydrogen-bond donors (Lipinski definition) is 2. The van der Waals surface area contributed by atoms with Gasteiger partial charge in [0.25, 0.3) is 5.91 Å². The summed E-state index contributed by atoms with van der Waals surface area (Å²) in [7, 11) is 0. The van der Waals surface area contributed by atoms with Crippen molar-refractivity contribution in [3.8, 4) is 0 Å². The molecule has 2 aromatic carbocycles. The summed E-state index contributed by atoms with van der Waals surface area (Å²) in [6.07, 6.45) is 1.31. The summed E-state index contributed by atoms with van der Waals surface area (Å²) >= 11 is 11.9. The summed E-state index contributed by atoms with van der Waals surface area (Å²) < 4.78 is 0. The molecule has 0 heterocycles. The summed E-state index contributed by atoms with van der Waals surface area (Å²) in [4.78, 5) is 16.5. The predicted molar refractivity (Wildman–Crippen MR) is 99.3 cm³/mol. The Balaban J connectivity index is 2.44. The molecule has 4 nitrogen and oxygen atoms in total. The number of benzene rings is 2. The number of carbonyl (C=O) groups is 1. The van der Waals surface area contributed by atoms with Crippen molar-refractivity contribution >= 4 is 46.8 Å². The van der Waals surface area contributed by atoms with Crippen LogP contribution in [0.1, 0.15) is 12.5 Å². The van der Waals surface area contributed by atoms with Crippen molar-refractivity contribution in [1.82, 2.24) is 5.32 Å². The van der Waals surface area contributed by atoms with Crippen molar-refractivity contribution in [2.24, 2.45) is 4.99 Å². The van der Waals surface area contributed by atoms with Crippen molar-refractivity contribution in [2.75, 3.05) is 6.54 Å². The molecule has 0 radical (unpaired) electrons. The van der Waals surface area contributed by atoms with Gasteiger partial charge in [-0.15, -0.1) is 0 Å². The van der Waals surface area contributed by atoms with Crippen molar-refractivity contribution in [3.63, 3.8) is 0 Å². The number of amides is 1. The van der Waals surface area contributed by atoms with E-state index in [4.69, 9.17) is 23.2 Å². The molecule has 0 fully saturated rings. The number of aliphatic imine (C=N–C) groups is 1. The normalized spacial score (nSPS) is 12.1. The molecule has 2 rings (SSSR count). The third-order valence-corrected chi connectivity index (χ3v) is 3.72. The van der Waals surface area contributed by atoms with Crippen molar-refractivity contribution < 1.29 is 9.90 Å². The number of aliphatic hydroxyl groups is 1. The maximum atomic E-state index is 12.3. The minimum atomic E-state index is -0.437. The third kappa shape index (κ3) is 4.60.